The lowest BCUT2D eigenvalue weighted by Crippen LogP contribution is -2.31. The van der Waals surface area contributed by atoms with Gasteiger partial charge in [0.1, 0.15) is 11.6 Å². The van der Waals surface area contributed by atoms with Crippen molar-refractivity contribution in [2.24, 2.45) is 0 Å². The van der Waals surface area contributed by atoms with Crippen molar-refractivity contribution in [2.75, 3.05) is 49.6 Å². The largest absolute Gasteiger partial charge is 0.396 e. The Labute approximate surface area is 102 Å². The highest BCUT2D eigenvalue weighted by molar-refractivity contribution is 5.62. The van der Waals surface area contributed by atoms with Gasteiger partial charge in [-0.3, -0.25) is 0 Å². The molecule has 0 atom stereocenters. The molecule has 0 radical (unpaired) electrons. The van der Waals surface area contributed by atoms with E-state index in [-0.39, 0.29) is 0 Å². The molecule has 0 aromatic carbocycles. The molecule has 0 spiro atoms. The van der Waals surface area contributed by atoms with Crippen molar-refractivity contribution < 1.29 is 0 Å². The summed E-state index contributed by atoms with van der Waals surface area (Å²) in [5.41, 5.74) is 11.9. The van der Waals surface area contributed by atoms with Gasteiger partial charge in [0, 0.05) is 20.1 Å². The first-order chi connectivity index (χ1) is 8.16. The summed E-state index contributed by atoms with van der Waals surface area (Å²) in [6.07, 6.45) is 2.66. The van der Waals surface area contributed by atoms with Crippen LogP contribution < -0.4 is 16.4 Å². The first-order valence-electron chi connectivity index (χ1n) is 6.12. The minimum atomic E-state index is 0.413. The number of hydrogen-bond acceptors (Lipinski definition) is 5. The molecule has 4 N–H and O–H groups in total. The molecule has 0 unspecified atom stereocenters. The first kappa shape index (κ1) is 12.0. The predicted octanol–water partition coefficient (Wildman–Crippen LogP) is 0.778. The van der Waals surface area contributed by atoms with Crippen LogP contribution in [0.4, 0.5) is 17.3 Å². The van der Waals surface area contributed by atoms with Gasteiger partial charge in [0.05, 0.1) is 5.69 Å². The fraction of sp³-hybridized carbons (Fsp3) is 0.583. The third kappa shape index (κ3) is 3.00. The van der Waals surface area contributed by atoms with E-state index in [1.165, 1.54) is 25.9 Å². The molecular weight excluding hydrogens is 214 g/mol. The number of rotatable bonds is 4. The highest BCUT2D eigenvalue weighted by Gasteiger charge is 2.12. The summed E-state index contributed by atoms with van der Waals surface area (Å²) in [6, 6.07) is 3.72. The van der Waals surface area contributed by atoms with Crippen LogP contribution in [0.2, 0.25) is 0 Å². The molecule has 2 rings (SSSR count). The van der Waals surface area contributed by atoms with Crippen LogP contribution in [-0.4, -0.2) is 43.1 Å². The molecule has 0 amide bonds. The molecule has 1 aliphatic rings. The second-order valence-electron chi connectivity index (χ2n) is 4.61. The molecule has 1 aromatic rings. The maximum absolute atomic E-state index is 5.70. The lowest BCUT2D eigenvalue weighted by molar-refractivity contribution is 0.346. The van der Waals surface area contributed by atoms with Crippen LogP contribution in [0.1, 0.15) is 12.8 Å². The van der Waals surface area contributed by atoms with Gasteiger partial charge in [-0.25, -0.2) is 4.98 Å². The van der Waals surface area contributed by atoms with Gasteiger partial charge in [-0.2, -0.15) is 0 Å². The summed E-state index contributed by atoms with van der Waals surface area (Å²) in [6.45, 7) is 4.51. The zero-order chi connectivity index (χ0) is 12.3. The summed E-state index contributed by atoms with van der Waals surface area (Å²) in [5.74, 6) is 1.30. The molecule has 0 aliphatic carbocycles. The molecule has 2 heterocycles. The van der Waals surface area contributed by atoms with Crippen molar-refractivity contribution in [3.05, 3.63) is 12.1 Å². The van der Waals surface area contributed by atoms with E-state index in [9.17, 15) is 0 Å². The molecule has 0 bridgehead atoms. The number of likely N-dealkylation sites (tertiary alicyclic amines) is 1. The van der Waals surface area contributed by atoms with Crippen LogP contribution in [0.25, 0.3) is 0 Å². The number of nitrogens with two attached hydrogens (primary N) is 2. The Bertz CT molecular complexity index is 373. The lowest BCUT2D eigenvalue weighted by atomic mass is 10.3. The van der Waals surface area contributed by atoms with Crippen molar-refractivity contribution in [3.63, 3.8) is 0 Å². The van der Waals surface area contributed by atoms with Gasteiger partial charge in [-0.05, 0) is 38.1 Å². The van der Waals surface area contributed by atoms with E-state index >= 15 is 0 Å². The zero-order valence-corrected chi connectivity index (χ0v) is 10.4. The number of hydrogen-bond donors (Lipinski definition) is 2. The summed E-state index contributed by atoms with van der Waals surface area (Å²) >= 11 is 0. The van der Waals surface area contributed by atoms with E-state index in [1.807, 2.05) is 19.2 Å². The predicted molar refractivity (Wildman–Crippen MR) is 72.0 cm³/mol. The molecule has 1 fully saturated rings. The number of aromatic nitrogens is 1. The van der Waals surface area contributed by atoms with Crippen LogP contribution in [0.5, 0.6) is 0 Å². The highest BCUT2D eigenvalue weighted by Crippen LogP contribution is 2.17. The third-order valence-corrected chi connectivity index (χ3v) is 3.28. The van der Waals surface area contributed by atoms with E-state index in [1.54, 1.807) is 0 Å². The molecule has 17 heavy (non-hydrogen) atoms. The van der Waals surface area contributed by atoms with Gasteiger partial charge in [0.25, 0.3) is 0 Å². The van der Waals surface area contributed by atoms with Crippen molar-refractivity contribution >= 4 is 17.3 Å². The maximum atomic E-state index is 5.70. The Hall–Kier alpha value is -1.49. The summed E-state index contributed by atoms with van der Waals surface area (Å²) in [7, 11) is 2.04. The average Bonchev–Trinajstić information content (AvgIpc) is 2.82. The van der Waals surface area contributed by atoms with Crippen molar-refractivity contribution in [1.82, 2.24) is 9.88 Å². The fourth-order valence-corrected chi connectivity index (χ4v) is 2.10. The summed E-state index contributed by atoms with van der Waals surface area (Å²) in [4.78, 5) is 8.88. The number of pyridine rings is 1. The number of anilines is 3. The average molecular weight is 235 g/mol. The molecule has 1 aliphatic heterocycles. The Morgan fingerprint density at radius 1 is 1.29 bits per heavy atom. The normalized spacial score (nSPS) is 16.3. The number of nitrogen functional groups attached to an aromatic ring is 2. The molecule has 5 heteroatoms. The van der Waals surface area contributed by atoms with Crippen LogP contribution in [0.3, 0.4) is 0 Å². The van der Waals surface area contributed by atoms with Crippen LogP contribution >= 0.6 is 0 Å². The lowest BCUT2D eigenvalue weighted by Gasteiger charge is -2.22. The highest BCUT2D eigenvalue weighted by atomic mass is 15.2. The van der Waals surface area contributed by atoms with Gasteiger partial charge in [-0.15, -0.1) is 0 Å². The van der Waals surface area contributed by atoms with E-state index in [4.69, 9.17) is 11.5 Å². The second kappa shape index (κ2) is 5.23. The summed E-state index contributed by atoms with van der Waals surface area (Å²) < 4.78 is 0. The quantitative estimate of drug-likeness (QED) is 0.807. The van der Waals surface area contributed by atoms with Crippen molar-refractivity contribution in [3.8, 4) is 0 Å². The monoisotopic (exact) mass is 235 g/mol. The maximum Gasteiger partial charge on any atom is 0.149 e. The summed E-state index contributed by atoms with van der Waals surface area (Å²) in [5, 5.41) is 0. The molecule has 1 saturated heterocycles. The van der Waals surface area contributed by atoms with Gasteiger partial charge in [0.2, 0.25) is 0 Å². The Morgan fingerprint density at radius 3 is 2.65 bits per heavy atom. The molecule has 1 aromatic heterocycles. The molecule has 0 saturated carbocycles. The van der Waals surface area contributed by atoms with Gasteiger partial charge >= 0.3 is 0 Å². The number of likely N-dealkylation sites (N-methyl/N-ethyl adjacent to an activating group) is 1. The molecule has 94 valence electrons. The smallest absolute Gasteiger partial charge is 0.149 e. The zero-order valence-electron chi connectivity index (χ0n) is 10.4. The van der Waals surface area contributed by atoms with Gasteiger partial charge in [0.15, 0.2) is 0 Å². The van der Waals surface area contributed by atoms with Crippen LogP contribution in [0, 0.1) is 0 Å². The van der Waals surface area contributed by atoms with E-state index in [0.717, 1.165) is 18.9 Å². The first-order valence-corrected chi connectivity index (χ1v) is 6.12. The van der Waals surface area contributed by atoms with Crippen molar-refractivity contribution in [2.45, 2.75) is 12.8 Å². The van der Waals surface area contributed by atoms with Gasteiger partial charge < -0.3 is 21.3 Å². The van der Waals surface area contributed by atoms with Crippen molar-refractivity contribution in [1.29, 1.82) is 0 Å². The molecule has 5 nitrogen and oxygen atoms in total. The van der Waals surface area contributed by atoms with Crippen LogP contribution in [0.15, 0.2) is 12.1 Å². The Balaban J connectivity index is 1.89. The SMILES string of the molecule is CN(CCN1CCCC1)c1ccc(N)c(N)n1. The Kier molecular flexibility index (Phi) is 3.68. The van der Waals surface area contributed by atoms with E-state index in [2.05, 4.69) is 14.8 Å². The minimum absolute atomic E-state index is 0.413. The second-order valence-corrected chi connectivity index (χ2v) is 4.61. The minimum Gasteiger partial charge on any atom is -0.396 e. The molecular formula is C12H21N5. The van der Waals surface area contributed by atoms with E-state index in [0.29, 0.717) is 11.5 Å². The fourth-order valence-electron chi connectivity index (χ4n) is 2.10. The standard InChI is InChI=1S/C12H21N5/c1-16(8-9-17-6-2-3-7-17)11-5-4-10(13)12(14)15-11/h4-5H,2-3,6-9,13H2,1H3,(H2,14,15). The van der Waals surface area contributed by atoms with E-state index < -0.39 is 0 Å². The van der Waals surface area contributed by atoms with Gasteiger partial charge in [-0.1, -0.05) is 0 Å². The Morgan fingerprint density at radius 2 is 2.00 bits per heavy atom. The third-order valence-electron chi connectivity index (χ3n) is 3.28. The number of nitrogens with zero attached hydrogens (tertiary/aromatic N) is 3. The topological polar surface area (TPSA) is 71.4 Å². The van der Waals surface area contributed by atoms with Crippen LogP contribution in [-0.2, 0) is 0 Å².